The van der Waals surface area contributed by atoms with Gasteiger partial charge >= 0.3 is 5.97 Å². The lowest BCUT2D eigenvalue weighted by Crippen LogP contribution is -2.38. The third-order valence-corrected chi connectivity index (χ3v) is 8.91. The zero-order valence-electron chi connectivity index (χ0n) is 24.2. The summed E-state index contributed by atoms with van der Waals surface area (Å²) in [4.78, 5) is 41.8. The summed E-state index contributed by atoms with van der Waals surface area (Å²) in [5.74, 6) is -0.296. The molecule has 0 bridgehead atoms. The fraction of sp³-hybridized carbons (Fsp3) is 0.250. The number of nitrogens with two attached hydrogens (primary N) is 1. The van der Waals surface area contributed by atoms with E-state index < -0.39 is 5.97 Å². The first-order valence-corrected chi connectivity index (χ1v) is 15.6. The summed E-state index contributed by atoms with van der Waals surface area (Å²) in [6.45, 7) is 4.86. The Bertz CT molecular complexity index is 1790. The predicted octanol–water partition coefficient (Wildman–Crippen LogP) is 4.13. The first-order valence-electron chi connectivity index (χ1n) is 14.4. The van der Waals surface area contributed by atoms with Gasteiger partial charge in [-0.1, -0.05) is 42.2 Å². The van der Waals surface area contributed by atoms with Crippen molar-refractivity contribution in [1.82, 2.24) is 24.8 Å². The Hall–Kier alpha value is -4.43. The van der Waals surface area contributed by atoms with E-state index in [2.05, 4.69) is 19.9 Å². The number of carbonyl (C=O) groups excluding carboxylic acids is 1. The molecule has 13 heteroatoms. The highest BCUT2D eigenvalue weighted by molar-refractivity contribution is 8.26. The molecule has 45 heavy (non-hydrogen) atoms. The predicted molar refractivity (Wildman–Crippen MR) is 177 cm³/mol. The number of hydrogen-bond acceptors (Lipinski definition) is 11. The zero-order chi connectivity index (χ0) is 31.3. The average molecular weight is 643 g/mol. The van der Waals surface area contributed by atoms with Gasteiger partial charge in [-0.25, -0.2) is 14.8 Å². The fourth-order valence-corrected chi connectivity index (χ4v) is 6.39. The molecule has 0 atom stereocenters. The van der Waals surface area contributed by atoms with Gasteiger partial charge in [0.25, 0.3) is 5.91 Å². The third-order valence-electron chi connectivity index (χ3n) is 7.53. The van der Waals surface area contributed by atoms with Crippen LogP contribution in [0.15, 0.2) is 65.8 Å². The number of ether oxygens (including phenoxy) is 2. The van der Waals surface area contributed by atoms with Gasteiger partial charge in [-0.3, -0.25) is 19.6 Å². The minimum absolute atomic E-state index is 0.163. The van der Waals surface area contributed by atoms with E-state index in [1.165, 1.54) is 11.8 Å². The molecule has 2 fully saturated rings. The molecule has 0 unspecified atom stereocenters. The fourth-order valence-electron chi connectivity index (χ4n) is 5.08. The number of thiocarbonyl (C=S) groups is 1. The van der Waals surface area contributed by atoms with Gasteiger partial charge < -0.3 is 20.3 Å². The number of nitrogen functional groups attached to an aromatic ring is 1. The number of fused-ring (bicyclic) bond motifs is 1. The van der Waals surface area contributed by atoms with E-state index in [4.69, 9.17) is 32.5 Å². The smallest absolute Gasteiger partial charge is 0.335 e. The number of aromatic nitrogens is 3. The molecule has 6 rings (SSSR count). The monoisotopic (exact) mass is 642 g/mol. The zero-order valence-corrected chi connectivity index (χ0v) is 25.9. The highest BCUT2D eigenvalue weighted by atomic mass is 32.2. The summed E-state index contributed by atoms with van der Waals surface area (Å²) in [6, 6.07) is 14.3. The van der Waals surface area contributed by atoms with Crippen LogP contribution in [-0.2, 0) is 16.0 Å². The van der Waals surface area contributed by atoms with Gasteiger partial charge in [0.05, 0.1) is 35.4 Å². The van der Waals surface area contributed by atoms with Gasteiger partial charge in [-0.2, -0.15) is 0 Å². The van der Waals surface area contributed by atoms with E-state index in [0.29, 0.717) is 45.6 Å². The number of carboxylic acids is 1. The number of hydrogen-bond donors (Lipinski definition) is 2. The number of anilines is 1. The molecule has 0 saturated carbocycles. The van der Waals surface area contributed by atoms with E-state index >= 15 is 0 Å². The number of aromatic carboxylic acids is 1. The van der Waals surface area contributed by atoms with E-state index in [1.54, 1.807) is 41.6 Å². The second-order valence-corrected chi connectivity index (χ2v) is 12.2. The normalized spacial score (nSPS) is 16.5. The Kier molecular flexibility index (Phi) is 9.31. The van der Waals surface area contributed by atoms with Gasteiger partial charge in [0.2, 0.25) is 5.95 Å². The van der Waals surface area contributed by atoms with Gasteiger partial charge in [0.15, 0.2) is 0 Å². The maximum atomic E-state index is 13.4. The standard InChI is InChI=1S/C32H30N6O5S2/c33-31-35-19-26-25(36-31)17-23(18-34-26)24-15-21(3-6-27(24)43-14-11-37-9-12-42-13-10-37)16-28-29(39)38(32(44)45-28)8-7-20-1-4-22(5-2-20)30(40)41/h1-6,15-19H,7-14H2,(H,40,41)(H2,33,35,36)/b28-16-. The minimum Gasteiger partial charge on any atom is -0.492 e. The highest BCUT2D eigenvalue weighted by Gasteiger charge is 2.31. The second kappa shape index (κ2) is 13.7. The largest absolute Gasteiger partial charge is 0.492 e. The molecular formula is C32H30N6O5S2. The molecule has 230 valence electrons. The van der Waals surface area contributed by atoms with Crippen molar-refractivity contribution in [2.24, 2.45) is 0 Å². The molecule has 2 aliphatic rings. The van der Waals surface area contributed by atoms with E-state index in [1.807, 2.05) is 30.3 Å². The number of nitrogens with zero attached hydrogens (tertiary/aromatic N) is 5. The first kappa shape index (κ1) is 30.6. The van der Waals surface area contributed by atoms with Crippen LogP contribution in [0.5, 0.6) is 5.75 Å². The lowest BCUT2D eigenvalue weighted by atomic mass is 10.0. The summed E-state index contributed by atoms with van der Waals surface area (Å²) in [7, 11) is 0. The summed E-state index contributed by atoms with van der Waals surface area (Å²) in [6.07, 6.45) is 5.71. The molecule has 0 aliphatic carbocycles. The molecular weight excluding hydrogens is 613 g/mol. The summed E-state index contributed by atoms with van der Waals surface area (Å²) >= 11 is 6.81. The van der Waals surface area contributed by atoms with Gasteiger partial charge in [-0.05, 0) is 54.0 Å². The van der Waals surface area contributed by atoms with Crippen LogP contribution in [0.3, 0.4) is 0 Å². The molecule has 0 spiro atoms. The lowest BCUT2D eigenvalue weighted by molar-refractivity contribution is -0.122. The van der Waals surface area contributed by atoms with Crippen molar-refractivity contribution in [2.45, 2.75) is 6.42 Å². The van der Waals surface area contributed by atoms with E-state index in [-0.39, 0.29) is 17.4 Å². The molecule has 0 radical (unpaired) electrons. The molecule has 11 nitrogen and oxygen atoms in total. The molecule has 2 aromatic heterocycles. The lowest BCUT2D eigenvalue weighted by Gasteiger charge is -2.26. The number of amides is 1. The number of carbonyl (C=O) groups is 2. The Balaban J connectivity index is 1.23. The van der Waals surface area contributed by atoms with Crippen molar-refractivity contribution in [3.05, 3.63) is 82.5 Å². The highest BCUT2D eigenvalue weighted by Crippen LogP contribution is 2.36. The van der Waals surface area contributed by atoms with Crippen molar-refractivity contribution in [1.29, 1.82) is 0 Å². The number of morpholine rings is 1. The summed E-state index contributed by atoms with van der Waals surface area (Å²) in [5.41, 5.74) is 10.6. The Morgan fingerprint density at radius 2 is 1.87 bits per heavy atom. The third kappa shape index (κ3) is 7.28. The van der Waals surface area contributed by atoms with Crippen LogP contribution in [0.4, 0.5) is 5.95 Å². The van der Waals surface area contributed by atoms with E-state index in [9.17, 15) is 9.59 Å². The van der Waals surface area contributed by atoms with Crippen molar-refractivity contribution in [3.8, 4) is 16.9 Å². The van der Waals surface area contributed by atoms with Gasteiger partial charge in [0, 0.05) is 43.5 Å². The summed E-state index contributed by atoms with van der Waals surface area (Å²) < 4.78 is 12.2. The molecule has 4 heterocycles. The Labute approximate surface area is 269 Å². The number of rotatable bonds is 10. The van der Waals surface area contributed by atoms with Crippen molar-refractivity contribution < 1.29 is 24.2 Å². The number of carboxylic acid groups (broad SMARTS) is 1. The Morgan fingerprint density at radius 1 is 1.07 bits per heavy atom. The number of thioether (sulfide) groups is 1. The SMILES string of the molecule is Nc1ncc2ncc(-c3cc(/C=C4\SC(=S)N(CCc5ccc(C(=O)O)cc5)C4=O)ccc3OCCN3CCOCC3)cc2n1. The first-order chi connectivity index (χ1) is 21.8. The van der Waals surface area contributed by atoms with Crippen LogP contribution in [-0.4, -0.2) is 92.1 Å². The minimum atomic E-state index is -0.977. The summed E-state index contributed by atoms with van der Waals surface area (Å²) in [5, 5.41) is 9.13. The number of pyridine rings is 1. The molecule has 2 aromatic carbocycles. The Morgan fingerprint density at radius 3 is 2.64 bits per heavy atom. The quantitative estimate of drug-likeness (QED) is 0.190. The van der Waals surface area contributed by atoms with Gasteiger partial charge in [-0.15, -0.1) is 0 Å². The van der Waals surface area contributed by atoms with Crippen molar-refractivity contribution in [3.63, 3.8) is 0 Å². The van der Waals surface area contributed by atoms with Crippen molar-refractivity contribution in [2.75, 3.05) is 51.7 Å². The van der Waals surface area contributed by atoms with Crippen LogP contribution in [0.25, 0.3) is 28.2 Å². The molecule has 2 saturated heterocycles. The van der Waals surface area contributed by atoms with Crippen LogP contribution >= 0.6 is 24.0 Å². The van der Waals surface area contributed by atoms with Crippen LogP contribution in [0.1, 0.15) is 21.5 Å². The van der Waals surface area contributed by atoms with Gasteiger partial charge in [0.1, 0.15) is 22.2 Å². The molecule has 3 N–H and O–H groups in total. The van der Waals surface area contributed by atoms with Crippen molar-refractivity contribution >= 4 is 63.2 Å². The maximum Gasteiger partial charge on any atom is 0.335 e. The topological polar surface area (TPSA) is 144 Å². The average Bonchev–Trinajstić information content (AvgIpc) is 3.31. The van der Waals surface area contributed by atoms with Crippen LogP contribution in [0.2, 0.25) is 0 Å². The van der Waals surface area contributed by atoms with E-state index in [0.717, 1.165) is 55.1 Å². The molecule has 2 aliphatic heterocycles. The van der Waals surface area contributed by atoms with Crippen LogP contribution in [0, 0.1) is 0 Å². The maximum absolute atomic E-state index is 13.4. The number of benzene rings is 2. The second-order valence-electron chi connectivity index (χ2n) is 10.5. The molecule has 1 amide bonds. The molecule has 4 aromatic rings. The van der Waals surface area contributed by atoms with Crippen LogP contribution < -0.4 is 10.5 Å².